The molecule has 10 heteroatoms. The molecule has 2 aromatic rings. The lowest BCUT2D eigenvalue weighted by Crippen LogP contribution is -2.49. The Labute approximate surface area is 257 Å². The van der Waals surface area contributed by atoms with Crippen LogP contribution in [-0.4, -0.2) is 24.4 Å². The zero-order valence-corrected chi connectivity index (χ0v) is 29.4. The molecule has 2 aliphatic rings. The van der Waals surface area contributed by atoms with Crippen LogP contribution in [0.5, 0.6) is 0 Å². The maximum absolute atomic E-state index is 6.51. The molecule has 2 unspecified atom stereocenters. The van der Waals surface area contributed by atoms with E-state index in [0.29, 0.717) is 0 Å². The SMILES string of the molecule is CC(C)(COP1(=S)O[C@@H](c2ccccc2)C(C)(C)C(C)(C)O1)COP1(=S)O[C@@H](c2ccccc2)C(C)(C)C(C)(C)O1. The van der Waals surface area contributed by atoms with Gasteiger partial charge in [0.25, 0.3) is 0 Å². The molecule has 2 aromatic carbocycles. The van der Waals surface area contributed by atoms with Crippen molar-refractivity contribution < 1.29 is 27.1 Å². The third-order valence-electron chi connectivity index (χ3n) is 8.99. The van der Waals surface area contributed by atoms with Crippen LogP contribution in [0.15, 0.2) is 60.7 Å². The molecule has 2 heterocycles. The lowest BCUT2D eigenvalue weighted by atomic mass is 9.71. The molecule has 0 aliphatic carbocycles. The fraction of sp³-hybridized carbons (Fsp3) is 0.613. The van der Waals surface area contributed by atoms with Crippen molar-refractivity contribution in [2.45, 2.75) is 92.6 Å². The first-order chi connectivity index (χ1) is 18.7. The quantitative estimate of drug-likeness (QED) is 0.265. The first kappa shape index (κ1) is 33.4. The van der Waals surface area contributed by atoms with Gasteiger partial charge in [-0.2, -0.15) is 0 Å². The summed E-state index contributed by atoms with van der Waals surface area (Å²) in [7, 11) is 0. The summed E-state index contributed by atoms with van der Waals surface area (Å²) in [5, 5.41) is 0. The van der Waals surface area contributed by atoms with Gasteiger partial charge in [-0.05, 0) is 62.4 Å². The van der Waals surface area contributed by atoms with Gasteiger partial charge in [-0.15, -0.1) is 0 Å². The van der Waals surface area contributed by atoms with Crippen LogP contribution in [0.2, 0.25) is 0 Å². The fourth-order valence-corrected chi connectivity index (χ4v) is 11.0. The van der Waals surface area contributed by atoms with Gasteiger partial charge in [0.2, 0.25) is 0 Å². The Kier molecular flexibility index (Phi) is 9.33. The summed E-state index contributed by atoms with van der Waals surface area (Å²) in [6.07, 6.45) is -0.548. The Morgan fingerprint density at radius 1 is 0.634 bits per heavy atom. The second-order valence-corrected chi connectivity index (χ2v) is 19.8. The van der Waals surface area contributed by atoms with Crippen LogP contribution < -0.4 is 0 Å². The van der Waals surface area contributed by atoms with Crippen molar-refractivity contribution in [3.63, 3.8) is 0 Å². The molecular weight excluding hydrogens is 594 g/mol. The third kappa shape index (κ3) is 6.93. The number of hydrogen-bond acceptors (Lipinski definition) is 8. The van der Waals surface area contributed by atoms with Crippen LogP contribution in [0.4, 0.5) is 0 Å². The first-order valence-electron chi connectivity index (χ1n) is 14.1. The highest BCUT2D eigenvalue weighted by Gasteiger charge is 2.56. The van der Waals surface area contributed by atoms with Gasteiger partial charge in [0.05, 0.1) is 36.6 Å². The molecule has 2 saturated heterocycles. The molecule has 0 spiro atoms. The molecule has 0 radical (unpaired) electrons. The number of hydrogen-bond donors (Lipinski definition) is 0. The van der Waals surface area contributed by atoms with E-state index in [-0.39, 0.29) is 36.3 Å². The second-order valence-electron chi connectivity index (χ2n) is 14.0. The molecule has 228 valence electrons. The second kappa shape index (κ2) is 11.5. The van der Waals surface area contributed by atoms with Gasteiger partial charge in [-0.25, -0.2) is 0 Å². The summed E-state index contributed by atoms with van der Waals surface area (Å²) >= 11 is 11.9. The molecule has 0 bridgehead atoms. The molecule has 0 aromatic heterocycles. The standard InChI is InChI=1S/C31H46O6P2S2/c1-27(2,21-32-38(40)34-25(23-17-13-11-14-18-23)28(3,4)30(7,8)36-38)22-33-39(41)35-26(24-19-15-12-16-20-24)29(5,6)31(9,10)37-39/h11-20,25-26H,21-22H2,1-10H3/t25-,26-,38?,39?/m0/s1. The van der Waals surface area contributed by atoms with Gasteiger partial charge in [0.1, 0.15) is 0 Å². The highest BCUT2D eigenvalue weighted by atomic mass is 32.5. The Morgan fingerprint density at radius 2 is 0.951 bits per heavy atom. The molecular formula is C31H46O6P2S2. The van der Waals surface area contributed by atoms with E-state index in [9.17, 15) is 0 Å². The Morgan fingerprint density at radius 3 is 1.27 bits per heavy atom. The molecule has 6 nitrogen and oxygen atoms in total. The van der Waals surface area contributed by atoms with Crippen LogP contribution in [0.1, 0.15) is 92.6 Å². The zero-order chi connectivity index (χ0) is 30.5. The van der Waals surface area contributed by atoms with Gasteiger partial charge >= 0.3 is 13.4 Å². The maximum Gasteiger partial charge on any atom is 0.328 e. The van der Waals surface area contributed by atoms with E-state index < -0.39 is 30.1 Å². The normalized spacial score (nSPS) is 32.3. The summed E-state index contributed by atoms with van der Waals surface area (Å²) < 4.78 is 38.6. The first-order valence-corrected chi connectivity index (χ1v) is 19.2. The minimum atomic E-state index is -3.10. The summed E-state index contributed by atoms with van der Waals surface area (Å²) in [6, 6.07) is 20.3. The molecule has 2 fully saturated rings. The molecule has 0 N–H and O–H groups in total. The lowest BCUT2D eigenvalue weighted by molar-refractivity contribution is -0.142. The lowest BCUT2D eigenvalue weighted by Gasteiger charge is -2.53. The van der Waals surface area contributed by atoms with Gasteiger partial charge in [0.15, 0.2) is 0 Å². The molecule has 0 saturated carbocycles. The maximum atomic E-state index is 6.51. The zero-order valence-electron chi connectivity index (χ0n) is 26.0. The predicted molar refractivity (Wildman–Crippen MR) is 173 cm³/mol. The summed E-state index contributed by atoms with van der Waals surface area (Å²) in [4.78, 5) is 0. The van der Waals surface area contributed by atoms with Crippen LogP contribution >= 0.6 is 13.4 Å². The average Bonchev–Trinajstić information content (AvgIpc) is 2.87. The van der Waals surface area contributed by atoms with Crippen molar-refractivity contribution in [1.29, 1.82) is 0 Å². The average molecular weight is 641 g/mol. The minimum absolute atomic E-state index is 0.259. The monoisotopic (exact) mass is 640 g/mol. The Bertz CT molecular complexity index is 1210. The molecule has 0 amide bonds. The predicted octanol–water partition coefficient (Wildman–Crippen LogP) is 9.68. The third-order valence-corrected chi connectivity index (χ3v) is 13.8. The molecule has 4 atom stereocenters. The smallest absolute Gasteiger partial charge is 0.308 e. The molecule has 41 heavy (non-hydrogen) atoms. The summed E-state index contributed by atoms with van der Waals surface area (Å²) in [6.45, 7) is 15.2. The highest BCUT2D eigenvalue weighted by Crippen LogP contribution is 2.69. The van der Waals surface area contributed by atoms with Crippen molar-refractivity contribution in [3.05, 3.63) is 71.8 Å². The largest absolute Gasteiger partial charge is 0.328 e. The van der Waals surface area contributed by atoms with E-state index in [1.54, 1.807) is 0 Å². The number of rotatable bonds is 8. The fourth-order valence-electron chi connectivity index (χ4n) is 4.86. The topological polar surface area (TPSA) is 55.4 Å². The Hall–Kier alpha value is -0.500. The van der Waals surface area contributed by atoms with Crippen molar-refractivity contribution in [2.75, 3.05) is 13.2 Å². The van der Waals surface area contributed by atoms with Gasteiger partial charge in [-0.1, -0.05) is 102 Å². The summed E-state index contributed by atoms with van der Waals surface area (Å²) in [5.74, 6) is 0. The van der Waals surface area contributed by atoms with E-state index in [0.717, 1.165) is 11.1 Å². The van der Waals surface area contributed by atoms with Crippen molar-refractivity contribution >= 4 is 37.1 Å². The highest BCUT2D eigenvalue weighted by molar-refractivity contribution is 8.08. The van der Waals surface area contributed by atoms with Crippen molar-refractivity contribution in [2.24, 2.45) is 16.2 Å². The Balaban J connectivity index is 1.47. The van der Waals surface area contributed by atoms with E-state index in [1.165, 1.54) is 0 Å². The van der Waals surface area contributed by atoms with Gasteiger partial charge < -0.3 is 18.1 Å². The van der Waals surface area contributed by atoms with E-state index in [1.807, 2.05) is 50.2 Å². The van der Waals surface area contributed by atoms with Crippen LogP contribution in [0.25, 0.3) is 0 Å². The molecule has 2 aliphatic heterocycles. The van der Waals surface area contributed by atoms with Crippen LogP contribution in [0.3, 0.4) is 0 Å². The van der Waals surface area contributed by atoms with E-state index >= 15 is 0 Å². The van der Waals surface area contributed by atoms with Crippen LogP contribution in [-0.2, 0) is 50.8 Å². The number of benzene rings is 2. The van der Waals surface area contributed by atoms with E-state index in [2.05, 4.69) is 79.7 Å². The minimum Gasteiger partial charge on any atom is -0.308 e. The van der Waals surface area contributed by atoms with Crippen LogP contribution in [0, 0.1) is 16.2 Å². The van der Waals surface area contributed by atoms with Crippen molar-refractivity contribution in [1.82, 2.24) is 0 Å². The summed E-state index contributed by atoms with van der Waals surface area (Å²) in [5.41, 5.74) is -0.211. The van der Waals surface area contributed by atoms with Gasteiger partial charge in [-0.3, -0.25) is 9.05 Å². The van der Waals surface area contributed by atoms with Gasteiger partial charge in [0, 0.05) is 16.2 Å². The molecule has 4 rings (SSSR count). The van der Waals surface area contributed by atoms with E-state index in [4.69, 9.17) is 50.8 Å². The van der Waals surface area contributed by atoms with Crippen molar-refractivity contribution in [3.8, 4) is 0 Å².